The number of hydrogen-bond acceptors (Lipinski definition) is 2. The van der Waals surface area contributed by atoms with E-state index in [0.29, 0.717) is 0 Å². The van der Waals surface area contributed by atoms with Gasteiger partial charge < -0.3 is 9.80 Å². The molecule has 7 aromatic rings. The summed E-state index contributed by atoms with van der Waals surface area (Å²) in [6.45, 7) is 16.5. The average molecular weight is 727 g/mol. The number of anilines is 6. The van der Waals surface area contributed by atoms with Crippen molar-refractivity contribution in [1.29, 1.82) is 0 Å². The molecule has 0 saturated heterocycles. The highest BCUT2D eigenvalue weighted by atomic mass is 15.2. The summed E-state index contributed by atoms with van der Waals surface area (Å²) >= 11 is 0. The number of hydrogen-bond donors (Lipinski definition) is 0. The van der Waals surface area contributed by atoms with Gasteiger partial charge in [0, 0.05) is 33.5 Å². The van der Waals surface area contributed by atoms with Crippen LogP contribution in [0.5, 0.6) is 0 Å². The summed E-state index contributed by atoms with van der Waals surface area (Å²) < 4.78 is 0. The Kier molecular flexibility index (Phi) is 7.21. The van der Waals surface area contributed by atoms with Crippen LogP contribution in [0.4, 0.5) is 34.1 Å². The molecule has 0 unspecified atom stereocenters. The highest BCUT2D eigenvalue weighted by Gasteiger charge is 2.44. The largest absolute Gasteiger partial charge is 0.311 e. The van der Waals surface area contributed by atoms with E-state index in [1.165, 1.54) is 124 Å². The molecule has 2 nitrogen and oxygen atoms in total. The van der Waals surface area contributed by atoms with E-state index in [9.17, 15) is 0 Å². The van der Waals surface area contributed by atoms with Crippen LogP contribution < -0.4 is 26.2 Å². The summed E-state index contributed by atoms with van der Waals surface area (Å²) in [5.74, 6) is 0. The van der Waals surface area contributed by atoms with Crippen LogP contribution in [0, 0.1) is 6.92 Å². The summed E-state index contributed by atoms with van der Waals surface area (Å²) in [6.07, 6.45) is 7.05. The Morgan fingerprint density at radius 3 is 1.30 bits per heavy atom. The van der Waals surface area contributed by atoms with E-state index in [-0.39, 0.29) is 17.5 Å². The molecule has 0 N–H and O–H groups in total. The smallest absolute Gasteiger partial charge is 0.252 e. The zero-order chi connectivity index (χ0) is 38.2. The lowest BCUT2D eigenvalue weighted by Gasteiger charge is -2.45. The van der Waals surface area contributed by atoms with E-state index < -0.39 is 0 Å². The van der Waals surface area contributed by atoms with Gasteiger partial charge in [-0.2, -0.15) is 0 Å². The number of aryl methyl sites for hydroxylation is 5. The van der Waals surface area contributed by atoms with Gasteiger partial charge in [-0.3, -0.25) is 0 Å². The van der Waals surface area contributed by atoms with Gasteiger partial charge >= 0.3 is 0 Å². The molecular formula is C53H51BN2. The molecule has 2 aliphatic heterocycles. The summed E-state index contributed by atoms with van der Waals surface area (Å²) in [5.41, 5.74) is 22.0. The lowest BCUT2D eigenvalue weighted by Crippen LogP contribution is -2.61. The van der Waals surface area contributed by atoms with Crippen LogP contribution >= 0.6 is 0 Å². The van der Waals surface area contributed by atoms with E-state index in [1.807, 2.05) is 0 Å². The van der Waals surface area contributed by atoms with Crippen molar-refractivity contribution >= 4 is 78.8 Å². The van der Waals surface area contributed by atoms with Gasteiger partial charge in [-0.25, -0.2) is 0 Å². The van der Waals surface area contributed by atoms with Gasteiger partial charge in [-0.15, -0.1) is 0 Å². The van der Waals surface area contributed by atoms with E-state index in [2.05, 4.69) is 167 Å². The maximum Gasteiger partial charge on any atom is 0.252 e. The van der Waals surface area contributed by atoms with Gasteiger partial charge in [0.1, 0.15) is 0 Å². The van der Waals surface area contributed by atoms with Crippen molar-refractivity contribution in [2.75, 3.05) is 9.80 Å². The molecule has 276 valence electrons. The van der Waals surface area contributed by atoms with E-state index in [1.54, 1.807) is 0 Å². The summed E-state index contributed by atoms with van der Waals surface area (Å²) in [5, 5.41) is 5.68. The Morgan fingerprint density at radius 1 is 0.446 bits per heavy atom. The quantitative estimate of drug-likeness (QED) is 0.164. The molecule has 56 heavy (non-hydrogen) atoms. The SMILES string of the molecule is Cc1cc2c3c(c1)N(c1ccc4c5c(cccc15)CCC4)c1cc(C(C)(C)C)ccc1B3c1ccc(C(C)(C)C)cc1N2c1ccc2c3c(cccc13)CCC2. The second-order valence-electron chi connectivity index (χ2n) is 19.2. The third-order valence-corrected chi connectivity index (χ3v) is 13.6. The second kappa shape index (κ2) is 11.9. The molecule has 0 saturated carbocycles. The minimum absolute atomic E-state index is 0.0101. The second-order valence-corrected chi connectivity index (χ2v) is 19.2. The van der Waals surface area contributed by atoms with Crippen molar-refractivity contribution in [3.8, 4) is 0 Å². The lowest BCUT2D eigenvalue weighted by molar-refractivity contribution is 0.590. The first-order chi connectivity index (χ1) is 27.0. The third-order valence-electron chi connectivity index (χ3n) is 13.6. The molecular weight excluding hydrogens is 675 g/mol. The molecule has 2 heterocycles. The van der Waals surface area contributed by atoms with Crippen LogP contribution in [0.1, 0.15) is 93.3 Å². The fourth-order valence-corrected chi connectivity index (χ4v) is 10.8. The highest BCUT2D eigenvalue weighted by Crippen LogP contribution is 2.50. The van der Waals surface area contributed by atoms with Crippen LogP contribution in [0.25, 0.3) is 21.5 Å². The molecule has 0 aromatic heterocycles. The van der Waals surface area contributed by atoms with Crippen molar-refractivity contribution in [3.63, 3.8) is 0 Å². The number of benzene rings is 7. The fourth-order valence-electron chi connectivity index (χ4n) is 10.8. The number of fused-ring (bicyclic) bond motifs is 4. The van der Waals surface area contributed by atoms with Crippen LogP contribution in [0.15, 0.2) is 109 Å². The van der Waals surface area contributed by atoms with Crippen LogP contribution in [-0.2, 0) is 36.5 Å². The maximum absolute atomic E-state index is 2.66. The van der Waals surface area contributed by atoms with Crippen molar-refractivity contribution in [2.24, 2.45) is 0 Å². The maximum atomic E-state index is 2.66. The van der Waals surface area contributed by atoms with Gasteiger partial charge in [0.25, 0.3) is 6.71 Å². The van der Waals surface area contributed by atoms with Crippen LogP contribution in [-0.4, -0.2) is 6.71 Å². The molecule has 0 atom stereocenters. The van der Waals surface area contributed by atoms with Crippen LogP contribution in [0.3, 0.4) is 0 Å². The lowest BCUT2D eigenvalue weighted by atomic mass is 9.33. The van der Waals surface area contributed by atoms with Crippen molar-refractivity contribution in [3.05, 3.63) is 148 Å². The summed E-state index contributed by atoms with van der Waals surface area (Å²) in [6, 6.07) is 43.6. The molecule has 0 amide bonds. The third kappa shape index (κ3) is 4.89. The predicted molar refractivity (Wildman–Crippen MR) is 242 cm³/mol. The molecule has 2 aliphatic carbocycles. The zero-order valence-electron chi connectivity index (χ0n) is 34.1. The Bertz CT molecular complexity index is 2600. The molecule has 11 rings (SSSR count). The Labute approximate surface area is 333 Å². The standard InChI is InChI=1S/C53H51BN2/c1-32-28-47-51-48(29-32)56(44-27-21-36-15-9-13-34-17-11-19-40(44)50(34)36)46-31-38(53(5,6)7)23-25-42(46)54(51)41-24-22-37(52(2,3)4)30-45(41)55(47)43-26-20-35-14-8-12-33-16-10-18-39(43)49(33)35/h10-11,16-31H,8-9,12-15H2,1-7H3. The Morgan fingerprint density at radius 2 is 0.875 bits per heavy atom. The van der Waals surface area contributed by atoms with Gasteiger partial charge in [-0.1, -0.05) is 114 Å². The van der Waals surface area contributed by atoms with Crippen molar-refractivity contribution in [1.82, 2.24) is 0 Å². The molecule has 0 radical (unpaired) electrons. The van der Waals surface area contributed by atoms with E-state index >= 15 is 0 Å². The highest BCUT2D eigenvalue weighted by molar-refractivity contribution is 7.00. The molecule has 4 aliphatic rings. The topological polar surface area (TPSA) is 6.48 Å². The fraction of sp³-hybridized carbons (Fsp3) is 0.283. The van der Waals surface area contributed by atoms with Crippen molar-refractivity contribution < 1.29 is 0 Å². The molecule has 0 bridgehead atoms. The van der Waals surface area contributed by atoms with Crippen LogP contribution in [0.2, 0.25) is 0 Å². The monoisotopic (exact) mass is 726 g/mol. The zero-order valence-corrected chi connectivity index (χ0v) is 34.1. The molecule has 3 heteroatoms. The summed E-state index contributed by atoms with van der Waals surface area (Å²) in [4.78, 5) is 5.32. The van der Waals surface area contributed by atoms with Crippen molar-refractivity contribution in [2.45, 2.75) is 97.8 Å². The van der Waals surface area contributed by atoms with Gasteiger partial charge in [0.2, 0.25) is 0 Å². The predicted octanol–water partition coefficient (Wildman–Crippen LogP) is 12.0. The van der Waals surface area contributed by atoms with Gasteiger partial charge in [-0.05, 0) is 159 Å². The van der Waals surface area contributed by atoms with Gasteiger partial charge in [0.05, 0.1) is 11.4 Å². The first kappa shape index (κ1) is 34.0. The first-order valence-electron chi connectivity index (χ1n) is 21.1. The number of nitrogens with zero attached hydrogens (tertiary/aromatic N) is 2. The van der Waals surface area contributed by atoms with Gasteiger partial charge in [0.15, 0.2) is 0 Å². The van der Waals surface area contributed by atoms with E-state index in [0.717, 1.165) is 25.7 Å². The Hall–Kier alpha value is -5.28. The minimum atomic E-state index is 0.0101. The number of rotatable bonds is 2. The first-order valence-corrected chi connectivity index (χ1v) is 21.1. The Balaban J connectivity index is 1.26. The normalized spacial score (nSPS) is 15.6. The molecule has 0 fully saturated rings. The average Bonchev–Trinajstić information content (AvgIpc) is 3.18. The summed E-state index contributed by atoms with van der Waals surface area (Å²) in [7, 11) is 0. The molecule has 0 spiro atoms. The molecule has 7 aromatic carbocycles. The van der Waals surface area contributed by atoms with E-state index in [4.69, 9.17) is 0 Å². The minimum Gasteiger partial charge on any atom is -0.311 e.